The lowest BCUT2D eigenvalue weighted by Gasteiger charge is -2.11. The van der Waals surface area contributed by atoms with Crippen LogP contribution in [0.4, 0.5) is 0 Å². The summed E-state index contributed by atoms with van der Waals surface area (Å²) in [6.45, 7) is 2.00. The van der Waals surface area contributed by atoms with Crippen LogP contribution in [0.5, 0.6) is 0 Å². The predicted molar refractivity (Wildman–Crippen MR) is 92.3 cm³/mol. The van der Waals surface area contributed by atoms with Gasteiger partial charge in [0.2, 0.25) is 5.91 Å². The molecule has 4 heteroatoms. The maximum absolute atomic E-state index is 11.8. The number of nitrogens with two attached hydrogens (primary N) is 1. The molecule has 0 bridgehead atoms. The van der Waals surface area contributed by atoms with Crippen LogP contribution in [-0.2, 0) is 0 Å². The molecule has 112 valence electrons. The van der Waals surface area contributed by atoms with Gasteiger partial charge in [-0.2, -0.15) is 0 Å². The van der Waals surface area contributed by atoms with Gasteiger partial charge in [0.25, 0.3) is 0 Å². The minimum absolute atomic E-state index is 0.426. The molecule has 0 unspecified atom stereocenters. The molecule has 4 rings (SSSR count). The summed E-state index contributed by atoms with van der Waals surface area (Å²) in [7, 11) is 0. The van der Waals surface area contributed by atoms with Crippen molar-refractivity contribution in [1.29, 1.82) is 0 Å². The first kappa shape index (κ1) is 13.5. The summed E-state index contributed by atoms with van der Waals surface area (Å²) in [5, 5.41) is 2.11. The number of hydrogen-bond acceptors (Lipinski definition) is 2. The summed E-state index contributed by atoms with van der Waals surface area (Å²) in [6.07, 6.45) is 1.82. The topological polar surface area (TPSA) is 71.8 Å². The molecule has 4 nitrogen and oxygen atoms in total. The second-order valence-electron chi connectivity index (χ2n) is 5.62. The van der Waals surface area contributed by atoms with Crippen LogP contribution in [0.2, 0.25) is 0 Å². The highest BCUT2D eigenvalue weighted by atomic mass is 16.1. The van der Waals surface area contributed by atoms with Gasteiger partial charge < -0.3 is 10.7 Å². The molecule has 0 saturated heterocycles. The zero-order chi connectivity index (χ0) is 16.0. The lowest BCUT2D eigenvalue weighted by atomic mass is 9.93. The number of carbonyl (C=O) groups is 1. The van der Waals surface area contributed by atoms with Crippen LogP contribution in [0.15, 0.2) is 54.7 Å². The number of H-pyrrole nitrogens is 1. The Morgan fingerprint density at radius 1 is 1.09 bits per heavy atom. The number of carbonyl (C=O) groups excluding carboxylic acids is 1. The third kappa shape index (κ3) is 1.99. The molecule has 3 N–H and O–H groups in total. The number of nitrogens with zero attached hydrogens (tertiary/aromatic N) is 1. The van der Waals surface area contributed by atoms with Gasteiger partial charge >= 0.3 is 0 Å². The van der Waals surface area contributed by atoms with E-state index in [4.69, 9.17) is 5.73 Å². The van der Waals surface area contributed by atoms with Crippen LogP contribution in [0.3, 0.4) is 0 Å². The van der Waals surface area contributed by atoms with Gasteiger partial charge in [-0.25, -0.2) is 4.98 Å². The number of para-hydroxylation sites is 1. The number of aromatic amines is 1. The monoisotopic (exact) mass is 301 g/mol. The first-order valence-corrected chi connectivity index (χ1v) is 7.42. The molecule has 0 atom stereocenters. The first-order valence-electron chi connectivity index (χ1n) is 7.42. The molecule has 0 radical (unpaired) electrons. The summed E-state index contributed by atoms with van der Waals surface area (Å²) in [5.74, 6) is -0.426. The fraction of sp³-hybridized carbons (Fsp3) is 0.0526. The lowest BCUT2D eigenvalue weighted by molar-refractivity contribution is 0.100. The van der Waals surface area contributed by atoms with Crippen LogP contribution in [0.25, 0.3) is 33.1 Å². The third-order valence-electron chi connectivity index (χ3n) is 4.18. The number of nitrogens with one attached hydrogen (secondary N) is 1. The largest absolute Gasteiger partial charge is 0.366 e. The van der Waals surface area contributed by atoms with Gasteiger partial charge in [0.05, 0.1) is 0 Å². The zero-order valence-corrected chi connectivity index (χ0v) is 12.6. The normalized spacial score (nSPS) is 11.2. The molecule has 2 aromatic carbocycles. The molecule has 0 fully saturated rings. The van der Waals surface area contributed by atoms with Gasteiger partial charge in [-0.05, 0) is 35.7 Å². The van der Waals surface area contributed by atoms with Gasteiger partial charge in [-0.15, -0.1) is 0 Å². The Morgan fingerprint density at radius 2 is 1.83 bits per heavy atom. The number of aromatic nitrogens is 2. The second-order valence-corrected chi connectivity index (χ2v) is 5.62. The zero-order valence-electron chi connectivity index (χ0n) is 12.6. The summed E-state index contributed by atoms with van der Waals surface area (Å²) < 4.78 is 0. The smallest absolute Gasteiger partial charge is 0.249 e. The maximum Gasteiger partial charge on any atom is 0.249 e. The summed E-state index contributed by atoms with van der Waals surface area (Å²) >= 11 is 0. The van der Waals surface area contributed by atoms with Crippen molar-refractivity contribution in [1.82, 2.24) is 9.97 Å². The molecule has 0 aliphatic rings. The highest BCUT2D eigenvalue weighted by Gasteiger charge is 2.17. The molecule has 0 saturated carbocycles. The molecular formula is C19H15N3O. The average Bonchev–Trinajstić information content (AvgIpc) is 2.93. The standard InChI is InChI=1S/C19H15N3O/c1-11-10-21-19-17(14-8-4-5-9-15(14)22-19)16(11)12-6-2-3-7-13(12)18(20)23/h2-10H,1H3,(H2,20,23)(H,21,22). The molecule has 0 aliphatic heterocycles. The SMILES string of the molecule is Cc1cnc2[nH]c3ccccc3c2c1-c1ccccc1C(N)=O. The number of rotatable bonds is 2. The number of aryl methyl sites for hydroxylation is 1. The van der Waals surface area contributed by atoms with E-state index in [0.29, 0.717) is 5.56 Å². The van der Waals surface area contributed by atoms with Crippen LogP contribution in [0, 0.1) is 6.92 Å². The minimum atomic E-state index is -0.426. The van der Waals surface area contributed by atoms with Gasteiger partial charge in [-0.3, -0.25) is 4.79 Å². The van der Waals surface area contributed by atoms with Gasteiger partial charge in [0, 0.05) is 28.0 Å². The fourth-order valence-corrected chi connectivity index (χ4v) is 3.16. The van der Waals surface area contributed by atoms with E-state index in [1.807, 2.05) is 49.5 Å². The van der Waals surface area contributed by atoms with Gasteiger partial charge in [-0.1, -0.05) is 36.4 Å². The Hall–Kier alpha value is -3.14. The molecule has 4 aromatic rings. The number of amides is 1. The second kappa shape index (κ2) is 4.95. The predicted octanol–water partition coefficient (Wildman–Crippen LogP) is 3.79. The molecule has 2 heterocycles. The van der Waals surface area contributed by atoms with E-state index < -0.39 is 5.91 Å². The number of pyridine rings is 1. The van der Waals surface area contributed by atoms with E-state index in [9.17, 15) is 4.79 Å². The van der Waals surface area contributed by atoms with Crippen molar-refractivity contribution >= 4 is 27.8 Å². The Kier molecular flexibility index (Phi) is 2.91. The molecular weight excluding hydrogens is 286 g/mol. The van der Waals surface area contributed by atoms with Crippen molar-refractivity contribution in [3.05, 3.63) is 65.9 Å². The Balaban J connectivity index is 2.19. The van der Waals surface area contributed by atoms with E-state index >= 15 is 0 Å². The van der Waals surface area contributed by atoms with E-state index in [-0.39, 0.29) is 0 Å². The molecule has 23 heavy (non-hydrogen) atoms. The highest BCUT2D eigenvalue weighted by Crippen LogP contribution is 2.37. The van der Waals surface area contributed by atoms with Crippen molar-refractivity contribution < 1.29 is 4.79 Å². The van der Waals surface area contributed by atoms with E-state index in [2.05, 4.69) is 16.0 Å². The Morgan fingerprint density at radius 3 is 2.65 bits per heavy atom. The molecule has 2 aromatic heterocycles. The number of primary amides is 1. The Labute approximate surface area is 133 Å². The summed E-state index contributed by atoms with van der Waals surface area (Å²) in [5.41, 5.74) is 10.8. The van der Waals surface area contributed by atoms with Crippen molar-refractivity contribution in [2.24, 2.45) is 5.73 Å². The number of fused-ring (bicyclic) bond motifs is 3. The van der Waals surface area contributed by atoms with Crippen LogP contribution in [-0.4, -0.2) is 15.9 Å². The number of benzene rings is 2. The fourth-order valence-electron chi connectivity index (χ4n) is 3.16. The van der Waals surface area contributed by atoms with Crippen molar-refractivity contribution in [2.75, 3.05) is 0 Å². The van der Waals surface area contributed by atoms with Crippen LogP contribution < -0.4 is 5.73 Å². The molecule has 1 amide bonds. The van der Waals surface area contributed by atoms with Crippen molar-refractivity contribution in [3.63, 3.8) is 0 Å². The summed E-state index contributed by atoms with van der Waals surface area (Å²) in [6, 6.07) is 15.5. The van der Waals surface area contributed by atoms with Gasteiger partial charge in [0.15, 0.2) is 0 Å². The van der Waals surface area contributed by atoms with Crippen LogP contribution >= 0.6 is 0 Å². The molecule has 0 spiro atoms. The van der Waals surface area contributed by atoms with Crippen molar-refractivity contribution in [2.45, 2.75) is 6.92 Å². The summed E-state index contributed by atoms with van der Waals surface area (Å²) in [4.78, 5) is 19.7. The minimum Gasteiger partial charge on any atom is -0.366 e. The van der Waals surface area contributed by atoms with Crippen LogP contribution in [0.1, 0.15) is 15.9 Å². The highest BCUT2D eigenvalue weighted by molar-refractivity contribution is 6.15. The quantitative estimate of drug-likeness (QED) is 0.591. The number of hydrogen-bond donors (Lipinski definition) is 2. The average molecular weight is 301 g/mol. The van der Waals surface area contributed by atoms with E-state index in [0.717, 1.165) is 38.6 Å². The van der Waals surface area contributed by atoms with Gasteiger partial charge in [0.1, 0.15) is 5.65 Å². The Bertz CT molecular complexity index is 1060. The lowest BCUT2D eigenvalue weighted by Crippen LogP contribution is -2.12. The molecule has 0 aliphatic carbocycles. The maximum atomic E-state index is 11.8. The first-order chi connectivity index (χ1) is 11.2. The van der Waals surface area contributed by atoms with E-state index in [1.165, 1.54) is 0 Å². The van der Waals surface area contributed by atoms with E-state index in [1.54, 1.807) is 6.07 Å². The van der Waals surface area contributed by atoms with Crippen molar-refractivity contribution in [3.8, 4) is 11.1 Å². The third-order valence-corrected chi connectivity index (χ3v) is 4.18.